The third-order valence-electron chi connectivity index (χ3n) is 4.62. The summed E-state index contributed by atoms with van der Waals surface area (Å²) in [6.45, 7) is 2.23. The first-order valence-electron chi connectivity index (χ1n) is 7.06. The number of hydrogen-bond acceptors (Lipinski definition) is 1. The molecule has 1 nitrogen and oxygen atoms in total. The van der Waals surface area contributed by atoms with Crippen molar-refractivity contribution in [1.82, 2.24) is 5.32 Å². The lowest BCUT2D eigenvalue weighted by molar-refractivity contribution is 0.316. The summed E-state index contributed by atoms with van der Waals surface area (Å²) in [6.07, 6.45) is 9.67. The first-order valence-corrected chi connectivity index (χ1v) is 7.82. The highest BCUT2D eigenvalue weighted by Gasteiger charge is 2.40. The van der Waals surface area contributed by atoms with Crippen LogP contribution in [0.5, 0.6) is 0 Å². The Kier molecular flexibility index (Phi) is 3.88. The molecule has 1 saturated heterocycles. The van der Waals surface area contributed by atoms with Gasteiger partial charge in [-0.2, -0.15) is 0 Å². The van der Waals surface area contributed by atoms with E-state index in [0.29, 0.717) is 16.0 Å². The molecule has 0 aromatic heterocycles. The summed E-state index contributed by atoms with van der Waals surface area (Å²) >= 11 is 12.3. The van der Waals surface area contributed by atoms with Gasteiger partial charge in [-0.05, 0) is 62.4 Å². The normalized spacial score (nSPS) is 30.7. The Morgan fingerprint density at radius 2 is 2.11 bits per heavy atom. The first kappa shape index (κ1) is 13.5. The van der Waals surface area contributed by atoms with E-state index in [-0.39, 0.29) is 5.41 Å². The Balaban J connectivity index is 2.05. The number of nitrogens with one attached hydrogen (secondary N) is 1. The Morgan fingerprint density at radius 3 is 2.74 bits per heavy atom. The van der Waals surface area contributed by atoms with E-state index in [1.165, 1.54) is 31.2 Å². The van der Waals surface area contributed by atoms with Crippen molar-refractivity contribution in [2.24, 2.45) is 5.92 Å². The molecular formula is C16H19Cl2N. The minimum atomic E-state index is 0.149. The number of halogens is 2. The third kappa shape index (κ3) is 2.44. The molecule has 1 N–H and O–H groups in total. The summed E-state index contributed by atoms with van der Waals surface area (Å²) in [4.78, 5) is 0. The van der Waals surface area contributed by atoms with E-state index in [2.05, 4.69) is 29.6 Å². The van der Waals surface area contributed by atoms with Gasteiger partial charge in [0.1, 0.15) is 0 Å². The predicted molar refractivity (Wildman–Crippen MR) is 82.1 cm³/mol. The van der Waals surface area contributed by atoms with Crippen LogP contribution in [-0.2, 0) is 5.41 Å². The van der Waals surface area contributed by atoms with Gasteiger partial charge in [0.25, 0.3) is 0 Å². The van der Waals surface area contributed by atoms with E-state index >= 15 is 0 Å². The second-order valence-corrected chi connectivity index (χ2v) is 6.47. The fourth-order valence-corrected chi connectivity index (χ4v) is 3.88. The van der Waals surface area contributed by atoms with Gasteiger partial charge in [-0.1, -0.05) is 41.4 Å². The highest BCUT2D eigenvalue weighted by atomic mass is 35.5. The van der Waals surface area contributed by atoms with Gasteiger partial charge in [0, 0.05) is 5.41 Å². The SMILES string of the molecule is Clc1ccc(C2(C3CCNC3)C=CCCC2)cc1Cl. The van der Waals surface area contributed by atoms with Gasteiger partial charge < -0.3 is 5.32 Å². The molecule has 1 aromatic rings. The minimum Gasteiger partial charge on any atom is -0.316 e. The van der Waals surface area contributed by atoms with Gasteiger partial charge in [0.15, 0.2) is 0 Å². The van der Waals surface area contributed by atoms with Crippen LogP contribution in [0.25, 0.3) is 0 Å². The zero-order valence-corrected chi connectivity index (χ0v) is 12.5. The fourth-order valence-electron chi connectivity index (χ4n) is 3.59. The molecule has 19 heavy (non-hydrogen) atoms. The van der Waals surface area contributed by atoms with E-state index in [1.54, 1.807) is 0 Å². The largest absolute Gasteiger partial charge is 0.316 e. The van der Waals surface area contributed by atoms with Crippen LogP contribution in [-0.4, -0.2) is 13.1 Å². The molecule has 1 aliphatic carbocycles. The van der Waals surface area contributed by atoms with Crippen molar-refractivity contribution in [3.63, 3.8) is 0 Å². The van der Waals surface area contributed by atoms with Crippen molar-refractivity contribution >= 4 is 23.2 Å². The van der Waals surface area contributed by atoms with Crippen LogP contribution in [0.1, 0.15) is 31.2 Å². The van der Waals surface area contributed by atoms with E-state index in [9.17, 15) is 0 Å². The lowest BCUT2D eigenvalue weighted by Gasteiger charge is -2.39. The molecular weight excluding hydrogens is 277 g/mol. The average molecular weight is 296 g/mol. The highest BCUT2D eigenvalue weighted by Crippen LogP contribution is 2.45. The van der Waals surface area contributed by atoms with E-state index in [0.717, 1.165) is 13.1 Å². The monoisotopic (exact) mass is 295 g/mol. The van der Waals surface area contributed by atoms with Gasteiger partial charge >= 0.3 is 0 Å². The summed E-state index contributed by atoms with van der Waals surface area (Å²) in [7, 11) is 0. The maximum atomic E-state index is 6.23. The van der Waals surface area contributed by atoms with Crippen LogP contribution in [0.15, 0.2) is 30.4 Å². The van der Waals surface area contributed by atoms with Gasteiger partial charge in [-0.3, -0.25) is 0 Å². The van der Waals surface area contributed by atoms with Crippen LogP contribution in [0, 0.1) is 5.92 Å². The van der Waals surface area contributed by atoms with E-state index in [4.69, 9.17) is 23.2 Å². The number of hydrogen-bond donors (Lipinski definition) is 1. The second kappa shape index (κ2) is 5.47. The van der Waals surface area contributed by atoms with Crippen molar-refractivity contribution < 1.29 is 0 Å². The molecule has 3 heteroatoms. The van der Waals surface area contributed by atoms with Crippen LogP contribution < -0.4 is 5.32 Å². The Bertz CT molecular complexity index is 492. The Labute approximate surface area is 125 Å². The molecule has 1 fully saturated rings. The predicted octanol–water partition coefficient (Wildman–Crippen LogP) is 4.58. The summed E-state index contributed by atoms with van der Waals surface area (Å²) in [5.41, 5.74) is 1.47. The fraction of sp³-hybridized carbons (Fsp3) is 0.500. The molecule has 1 aromatic carbocycles. The van der Waals surface area contributed by atoms with E-state index < -0.39 is 0 Å². The minimum absolute atomic E-state index is 0.149. The highest BCUT2D eigenvalue weighted by molar-refractivity contribution is 6.42. The molecule has 0 saturated carbocycles. The summed E-state index contributed by atoms with van der Waals surface area (Å²) < 4.78 is 0. The van der Waals surface area contributed by atoms with E-state index in [1.807, 2.05) is 6.07 Å². The van der Waals surface area contributed by atoms with Gasteiger partial charge in [-0.15, -0.1) is 0 Å². The topological polar surface area (TPSA) is 12.0 Å². The number of rotatable bonds is 2. The Morgan fingerprint density at radius 1 is 1.21 bits per heavy atom. The van der Waals surface area contributed by atoms with Gasteiger partial charge in [0.05, 0.1) is 10.0 Å². The molecule has 0 bridgehead atoms. The molecule has 2 atom stereocenters. The maximum absolute atomic E-state index is 6.23. The molecule has 0 spiro atoms. The molecule has 102 valence electrons. The van der Waals surface area contributed by atoms with Crippen LogP contribution in [0.3, 0.4) is 0 Å². The van der Waals surface area contributed by atoms with Crippen LogP contribution in [0.2, 0.25) is 10.0 Å². The second-order valence-electron chi connectivity index (χ2n) is 5.65. The summed E-state index contributed by atoms with van der Waals surface area (Å²) in [5.74, 6) is 0.668. The zero-order valence-electron chi connectivity index (χ0n) is 11.0. The summed E-state index contributed by atoms with van der Waals surface area (Å²) in [6, 6.07) is 6.16. The standard InChI is InChI=1S/C16H19Cl2N/c17-14-5-4-12(10-15(14)18)16(7-2-1-3-8-16)13-6-9-19-11-13/h2,4-5,7,10,13,19H,1,3,6,8-9,11H2. The summed E-state index contributed by atoms with van der Waals surface area (Å²) in [5, 5.41) is 4.81. The van der Waals surface area contributed by atoms with Crippen molar-refractivity contribution in [2.75, 3.05) is 13.1 Å². The molecule has 2 unspecified atom stereocenters. The third-order valence-corrected chi connectivity index (χ3v) is 5.36. The maximum Gasteiger partial charge on any atom is 0.0595 e. The smallest absolute Gasteiger partial charge is 0.0595 e. The number of allylic oxidation sites excluding steroid dienone is 2. The molecule has 2 aliphatic rings. The van der Waals surface area contributed by atoms with Crippen molar-refractivity contribution in [1.29, 1.82) is 0 Å². The molecule has 1 heterocycles. The Hall–Kier alpha value is -0.500. The first-order chi connectivity index (χ1) is 9.22. The number of benzene rings is 1. The lowest BCUT2D eigenvalue weighted by atomic mass is 9.65. The molecule has 3 rings (SSSR count). The van der Waals surface area contributed by atoms with Gasteiger partial charge in [-0.25, -0.2) is 0 Å². The molecule has 0 amide bonds. The van der Waals surface area contributed by atoms with Crippen LogP contribution in [0.4, 0.5) is 0 Å². The van der Waals surface area contributed by atoms with Crippen molar-refractivity contribution in [3.8, 4) is 0 Å². The molecule has 0 radical (unpaired) electrons. The van der Waals surface area contributed by atoms with Crippen LogP contribution >= 0.6 is 23.2 Å². The zero-order chi connectivity index (χ0) is 13.3. The lowest BCUT2D eigenvalue weighted by Crippen LogP contribution is -2.36. The van der Waals surface area contributed by atoms with Gasteiger partial charge in [0.2, 0.25) is 0 Å². The molecule has 1 aliphatic heterocycles. The van der Waals surface area contributed by atoms with Crippen molar-refractivity contribution in [2.45, 2.75) is 31.1 Å². The quantitative estimate of drug-likeness (QED) is 0.788. The van der Waals surface area contributed by atoms with Crippen molar-refractivity contribution in [3.05, 3.63) is 46.0 Å². The average Bonchev–Trinajstić information content (AvgIpc) is 2.97.